The van der Waals surface area contributed by atoms with Crippen molar-refractivity contribution in [1.29, 1.82) is 0 Å². The summed E-state index contributed by atoms with van der Waals surface area (Å²) in [6.07, 6.45) is 3.61. The summed E-state index contributed by atoms with van der Waals surface area (Å²) in [5.74, 6) is -0.809. The molecule has 1 aliphatic heterocycles. The number of fused-ring (bicyclic) bond motifs is 1. The van der Waals surface area contributed by atoms with Crippen LogP contribution in [0.2, 0.25) is 5.02 Å². The van der Waals surface area contributed by atoms with Crippen LogP contribution in [0.15, 0.2) is 110 Å². The van der Waals surface area contributed by atoms with Gasteiger partial charge in [-0.25, -0.2) is 14.6 Å². The van der Waals surface area contributed by atoms with Crippen LogP contribution in [0.25, 0.3) is 23.1 Å². The summed E-state index contributed by atoms with van der Waals surface area (Å²) in [5, 5.41) is 9.37. The van der Waals surface area contributed by atoms with E-state index in [1.54, 1.807) is 43.0 Å². The van der Waals surface area contributed by atoms with Crippen LogP contribution in [0, 0.1) is 0 Å². The Hall–Kier alpha value is -4.64. The topological polar surface area (TPSA) is 111 Å². The van der Waals surface area contributed by atoms with Crippen LogP contribution in [-0.4, -0.2) is 34.5 Å². The minimum absolute atomic E-state index is 0.0111. The number of carboxylic acid groups (broad SMARTS) is 1. The van der Waals surface area contributed by atoms with E-state index in [-0.39, 0.29) is 28.3 Å². The van der Waals surface area contributed by atoms with Gasteiger partial charge in [0.15, 0.2) is 4.80 Å². The Labute approximate surface area is 270 Å². The average molecular weight is 657 g/mol. The van der Waals surface area contributed by atoms with Crippen molar-refractivity contribution in [2.75, 3.05) is 12.9 Å². The largest absolute Gasteiger partial charge is 0.478 e. The van der Waals surface area contributed by atoms with Crippen molar-refractivity contribution in [3.8, 4) is 11.3 Å². The molecule has 8 nitrogen and oxygen atoms in total. The Kier molecular flexibility index (Phi) is 8.62. The lowest BCUT2D eigenvalue weighted by Crippen LogP contribution is -2.40. The van der Waals surface area contributed by atoms with Crippen molar-refractivity contribution in [3.05, 3.63) is 138 Å². The van der Waals surface area contributed by atoms with E-state index in [9.17, 15) is 19.5 Å². The third-order valence-electron chi connectivity index (χ3n) is 7.19. The number of hydrogen-bond donors (Lipinski definition) is 1. The number of thiazole rings is 1. The van der Waals surface area contributed by atoms with Crippen molar-refractivity contribution >= 4 is 58.4 Å². The molecule has 0 spiro atoms. The fourth-order valence-electron chi connectivity index (χ4n) is 5.10. The SMILES string of the molecule is CCOC(=O)C1=C(c2ccccc2)N=c2s/c(=C\c3ccc(-c4ccc(C(=O)O)c(Cl)c4)o3)c(=O)n2[C@@H]1c1ccc(SC)cc1. The number of ether oxygens (including phenoxy) is 1. The Bertz CT molecular complexity index is 2150. The molecule has 0 amide bonds. The number of nitrogens with zero attached hydrogens (tertiary/aromatic N) is 2. The summed E-state index contributed by atoms with van der Waals surface area (Å²) in [5.41, 5.74) is 2.44. The van der Waals surface area contributed by atoms with Crippen LogP contribution in [0.3, 0.4) is 0 Å². The lowest BCUT2D eigenvalue weighted by Gasteiger charge is -2.26. The molecule has 45 heavy (non-hydrogen) atoms. The lowest BCUT2D eigenvalue weighted by atomic mass is 9.93. The highest BCUT2D eigenvalue weighted by atomic mass is 35.5. The number of aromatic nitrogens is 1. The first-order chi connectivity index (χ1) is 21.8. The average Bonchev–Trinajstić information content (AvgIpc) is 3.64. The number of carbonyl (C=O) groups excluding carboxylic acids is 1. The number of carboxylic acids is 1. The van der Waals surface area contributed by atoms with Crippen LogP contribution in [0.5, 0.6) is 0 Å². The molecule has 3 heterocycles. The van der Waals surface area contributed by atoms with E-state index >= 15 is 0 Å². The number of carbonyl (C=O) groups is 2. The molecule has 0 radical (unpaired) electrons. The molecule has 1 atom stereocenters. The Morgan fingerprint density at radius 1 is 1.07 bits per heavy atom. The van der Waals surface area contributed by atoms with Crippen LogP contribution in [-0.2, 0) is 9.53 Å². The maximum absolute atomic E-state index is 14.1. The molecule has 1 aliphatic rings. The molecule has 0 unspecified atom stereocenters. The summed E-state index contributed by atoms with van der Waals surface area (Å²) >= 11 is 8.95. The second kappa shape index (κ2) is 12.8. The third kappa shape index (κ3) is 5.92. The summed E-state index contributed by atoms with van der Waals surface area (Å²) in [6, 6.07) is 24.3. The Morgan fingerprint density at radius 3 is 2.49 bits per heavy atom. The van der Waals surface area contributed by atoms with Gasteiger partial charge in [-0.3, -0.25) is 9.36 Å². The maximum Gasteiger partial charge on any atom is 0.338 e. The standard InChI is InChI=1S/C34H25ClN2O6S2/c1-3-42-33(41)28-29(19-7-5-4-6-8-19)36-34-37(30(28)20-9-13-23(44-2)14-10-20)31(38)27(45-34)18-22-12-16-26(43-22)21-11-15-24(32(39)40)25(35)17-21/h4-18,30H,3H2,1-2H3,(H,39,40)/b27-18-/t30-/m1/s1. The van der Waals surface area contributed by atoms with Gasteiger partial charge in [-0.1, -0.05) is 71.5 Å². The van der Waals surface area contributed by atoms with Gasteiger partial charge in [0.05, 0.1) is 39.0 Å². The lowest BCUT2D eigenvalue weighted by molar-refractivity contribution is -0.138. The summed E-state index contributed by atoms with van der Waals surface area (Å²) < 4.78 is 13.4. The van der Waals surface area contributed by atoms with Crippen LogP contribution in [0.4, 0.5) is 0 Å². The van der Waals surface area contributed by atoms with Crippen molar-refractivity contribution in [2.45, 2.75) is 17.9 Å². The van der Waals surface area contributed by atoms with E-state index in [0.29, 0.717) is 32.1 Å². The number of thioether (sulfide) groups is 1. The zero-order valence-electron chi connectivity index (χ0n) is 24.0. The number of esters is 1. The quantitative estimate of drug-likeness (QED) is 0.155. The molecule has 5 aromatic rings. The Morgan fingerprint density at radius 2 is 1.82 bits per heavy atom. The molecule has 3 aromatic carbocycles. The van der Waals surface area contributed by atoms with Gasteiger partial charge in [-0.2, -0.15) is 0 Å². The highest BCUT2D eigenvalue weighted by molar-refractivity contribution is 7.98. The number of aromatic carboxylic acids is 1. The van der Waals surface area contributed by atoms with Crippen molar-refractivity contribution in [1.82, 2.24) is 4.57 Å². The fraction of sp³-hybridized carbons (Fsp3) is 0.118. The normalized spacial score (nSPS) is 14.6. The first-order valence-electron chi connectivity index (χ1n) is 13.8. The van der Waals surface area contributed by atoms with Gasteiger partial charge in [0, 0.05) is 22.1 Å². The molecular formula is C34H25ClN2O6S2. The molecule has 226 valence electrons. The first-order valence-corrected chi connectivity index (χ1v) is 16.3. The maximum atomic E-state index is 14.1. The second-order valence-electron chi connectivity index (χ2n) is 9.91. The predicted molar refractivity (Wildman–Crippen MR) is 175 cm³/mol. The van der Waals surface area contributed by atoms with Crippen LogP contribution in [0.1, 0.15) is 40.2 Å². The molecule has 6 rings (SSSR count). The number of furan rings is 1. The van der Waals surface area contributed by atoms with E-state index in [1.165, 1.54) is 28.0 Å². The minimum atomic E-state index is -1.12. The van der Waals surface area contributed by atoms with Gasteiger partial charge in [-0.05, 0) is 55.1 Å². The van der Waals surface area contributed by atoms with Crippen molar-refractivity contribution < 1.29 is 23.8 Å². The van der Waals surface area contributed by atoms with Gasteiger partial charge in [0.25, 0.3) is 5.56 Å². The number of halogens is 1. The minimum Gasteiger partial charge on any atom is -0.478 e. The zero-order valence-corrected chi connectivity index (χ0v) is 26.4. The molecular weight excluding hydrogens is 632 g/mol. The summed E-state index contributed by atoms with van der Waals surface area (Å²) in [7, 11) is 0. The molecule has 0 fully saturated rings. The van der Waals surface area contributed by atoms with Gasteiger partial charge < -0.3 is 14.3 Å². The Balaban J connectivity index is 1.52. The predicted octanol–water partition coefficient (Wildman–Crippen LogP) is 6.27. The molecule has 0 aliphatic carbocycles. The summed E-state index contributed by atoms with van der Waals surface area (Å²) in [6.45, 7) is 1.91. The molecule has 2 aromatic heterocycles. The van der Waals surface area contributed by atoms with E-state index in [4.69, 9.17) is 25.7 Å². The van der Waals surface area contributed by atoms with Crippen molar-refractivity contribution in [2.24, 2.45) is 4.99 Å². The monoisotopic (exact) mass is 656 g/mol. The second-order valence-corrected chi connectivity index (χ2v) is 12.2. The number of benzene rings is 3. The van der Waals surface area contributed by atoms with Gasteiger partial charge in [0.1, 0.15) is 11.5 Å². The van der Waals surface area contributed by atoms with Gasteiger partial charge in [0.2, 0.25) is 0 Å². The van der Waals surface area contributed by atoms with Crippen molar-refractivity contribution in [3.63, 3.8) is 0 Å². The van der Waals surface area contributed by atoms with Gasteiger partial charge in [-0.15, -0.1) is 11.8 Å². The van der Waals surface area contributed by atoms with E-state index in [2.05, 4.69) is 0 Å². The zero-order chi connectivity index (χ0) is 31.7. The van der Waals surface area contributed by atoms with Crippen LogP contribution < -0.4 is 14.9 Å². The fourth-order valence-corrected chi connectivity index (χ4v) is 6.75. The summed E-state index contributed by atoms with van der Waals surface area (Å²) in [4.78, 5) is 45.4. The van der Waals surface area contributed by atoms with E-state index < -0.39 is 18.0 Å². The third-order valence-corrected chi connectivity index (χ3v) is 9.23. The van der Waals surface area contributed by atoms with Crippen LogP contribution >= 0.6 is 34.7 Å². The smallest absolute Gasteiger partial charge is 0.338 e. The molecule has 11 heteroatoms. The molecule has 0 bridgehead atoms. The molecule has 0 saturated carbocycles. The molecule has 1 N–H and O–H groups in total. The van der Waals surface area contributed by atoms with Gasteiger partial charge >= 0.3 is 11.9 Å². The number of rotatable bonds is 8. The number of hydrogen-bond acceptors (Lipinski definition) is 8. The highest BCUT2D eigenvalue weighted by Gasteiger charge is 2.35. The highest BCUT2D eigenvalue weighted by Crippen LogP contribution is 2.36. The first kappa shape index (κ1) is 30.4. The van der Waals surface area contributed by atoms with E-state index in [0.717, 1.165) is 16.0 Å². The van der Waals surface area contributed by atoms with E-state index in [1.807, 2.05) is 60.9 Å². The molecule has 0 saturated heterocycles.